The number of amides is 1. The lowest BCUT2D eigenvalue weighted by Gasteiger charge is -2.23. The van der Waals surface area contributed by atoms with Crippen molar-refractivity contribution >= 4 is 51.3 Å². The lowest BCUT2D eigenvalue weighted by molar-refractivity contribution is -0.132. The van der Waals surface area contributed by atoms with E-state index in [4.69, 9.17) is 9.47 Å². The Morgan fingerprint density at radius 2 is 1.83 bits per heavy atom. The molecule has 0 aliphatic carbocycles. The van der Waals surface area contributed by atoms with Crippen molar-refractivity contribution in [1.82, 2.24) is 19.6 Å². The fourth-order valence-electron chi connectivity index (χ4n) is 5.51. The number of rotatable bonds is 12. The summed E-state index contributed by atoms with van der Waals surface area (Å²) in [4.78, 5) is 33.7. The van der Waals surface area contributed by atoms with E-state index >= 15 is 0 Å². The molecule has 0 bridgehead atoms. The number of nitrogens with zero attached hydrogens (tertiary/aromatic N) is 5. The molecule has 6 rings (SSSR count). The third kappa shape index (κ3) is 6.39. The number of aromatic nitrogens is 4. The quantitative estimate of drug-likeness (QED) is 0.0357. The number of aryl methyl sites for hydroxylation is 2. The summed E-state index contributed by atoms with van der Waals surface area (Å²) >= 11 is 2.52. The van der Waals surface area contributed by atoms with Crippen molar-refractivity contribution in [3.63, 3.8) is 0 Å². The minimum atomic E-state index is -1.07. The first kappa shape index (κ1) is 33.2. The number of hydrogen-bond donors (Lipinski definition) is 1. The monoisotopic (exact) mass is 687 g/mol. The van der Waals surface area contributed by atoms with E-state index in [9.17, 15) is 19.1 Å². The van der Waals surface area contributed by atoms with Crippen LogP contribution in [0.25, 0.3) is 11.4 Å². The zero-order valence-electron chi connectivity index (χ0n) is 26.9. The Hall–Kier alpha value is -4.75. The topological polar surface area (TPSA) is 119 Å². The summed E-state index contributed by atoms with van der Waals surface area (Å²) in [7, 11) is 0. The van der Waals surface area contributed by atoms with Crippen LogP contribution in [0.1, 0.15) is 60.8 Å². The van der Waals surface area contributed by atoms with Crippen molar-refractivity contribution < 1.29 is 28.6 Å². The van der Waals surface area contributed by atoms with Gasteiger partial charge in [0.25, 0.3) is 5.78 Å². The Morgan fingerprint density at radius 1 is 1.04 bits per heavy atom. The fourth-order valence-corrected chi connectivity index (χ4v) is 7.34. The number of Topliss-reactive ketones (excluding diaryl/α,β-unsaturated/α-hetero) is 1. The van der Waals surface area contributed by atoms with Gasteiger partial charge in [0.2, 0.25) is 5.13 Å². The summed E-state index contributed by atoms with van der Waals surface area (Å²) in [5.74, 6) is -0.954. The molecule has 1 fully saturated rings. The molecule has 248 valence electrons. The van der Waals surface area contributed by atoms with E-state index in [0.717, 1.165) is 35.3 Å². The number of ether oxygens (including phenoxy) is 2. The van der Waals surface area contributed by atoms with E-state index in [-0.39, 0.29) is 22.2 Å². The SMILES string of the molecule is CCCCOc1ccc(C2C(=C(O)c3nc4c(C)cccn4c3C)C(=O)C(=O)N2c2nnc(SCc3ccc(F)cc3)s2)cc1OCC. The van der Waals surface area contributed by atoms with Gasteiger partial charge in [0.05, 0.1) is 30.5 Å². The largest absolute Gasteiger partial charge is 0.505 e. The molecule has 13 heteroatoms. The van der Waals surface area contributed by atoms with E-state index in [1.165, 1.54) is 28.8 Å². The number of aliphatic hydroxyl groups excluding tert-OH is 1. The summed E-state index contributed by atoms with van der Waals surface area (Å²) in [5, 5.41) is 20.6. The second-order valence-corrected chi connectivity index (χ2v) is 13.4. The molecule has 1 aliphatic heterocycles. The maximum Gasteiger partial charge on any atom is 0.301 e. The summed E-state index contributed by atoms with van der Waals surface area (Å²) in [5.41, 5.74) is 3.60. The summed E-state index contributed by atoms with van der Waals surface area (Å²) in [6.07, 6.45) is 3.66. The standard InChI is InChI=1S/C35H34FN5O5S2/c1-5-7-17-46-25-15-12-23(18-26(25)45-6-2)29-27(30(42)28-21(4)40-16-8-9-20(3)32(40)37-28)31(43)33(44)41(29)34-38-39-35(48-34)47-19-22-10-13-24(36)14-11-22/h8-16,18,29,42H,5-7,17,19H2,1-4H3. The third-order valence-electron chi connectivity index (χ3n) is 7.97. The Bertz CT molecular complexity index is 2020. The third-order valence-corrected chi connectivity index (χ3v) is 10.1. The van der Waals surface area contributed by atoms with Crippen LogP contribution in [-0.4, -0.2) is 49.6 Å². The number of ketones is 1. The highest BCUT2D eigenvalue weighted by Crippen LogP contribution is 2.46. The van der Waals surface area contributed by atoms with Crippen molar-refractivity contribution in [3.05, 3.63) is 100 Å². The lowest BCUT2D eigenvalue weighted by Crippen LogP contribution is -2.29. The summed E-state index contributed by atoms with van der Waals surface area (Å²) < 4.78 is 27.7. The van der Waals surface area contributed by atoms with E-state index in [1.54, 1.807) is 37.3 Å². The molecule has 1 atom stereocenters. The highest BCUT2D eigenvalue weighted by atomic mass is 32.2. The molecule has 10 nitrogen and oxygen atoms in total. The molecular weight excluding hydrogens is 654 g/mol. The molecule has 4 heterocycles. The second kappa shape index (κ2) is 14.2. The van der Waals surface area contributed by atoms with Gasteiger partial charge in [-0.25, -0.2) is 9.37 Å². The molecule has 1 amide bonds. The van der Waals surface area contributed by atoms with Crippen LogP contribution in [0, 0.1) is 19.7 Å². The number of hydrogen-bond acceptors (Lipinski definition) is 10. The lowest BCUT2D eigenvalue weighted by atomic mass is 9.96. The van der Waals surface area contributed by atoms with Crippen LogP contribution in [0.4, 0.5) is 9.52 Å². The first-order valence-corrected chi connectivity index (χ1v) is 17.4. The molecular formula is C35H34FN5O5S2. The second-order valence-electron chi connectivity index (χ2n) is 11.2. The minimum Gasteiger partial charge on any atom is -0.505 e. The molecule has 3 aromatic heterocycles. The average molecular weight is 688 g/mol. The van der Waals surface area contributed by atoms with Crippen LogP contribution in [0.15, 0.2) is 70.7 Å². The van der Waals surface area contributed by atoms with Gasteiger partial charge in [0.15, 0.2) is 21.6 Å². The van der Waals surface area contributed by atoms with E-state index in [0.29, 0.717) is 51.7 Å². The number of carbonyl (C=O) groups excluding carboxylic acids is 2. The van der Waals surface area contributed by atoms with Crippen molar-refractivity contribution in [2.45, 2.75) is 56.7 Å². The molecule has 1 saturated heterocycles. The Labute approximate surface area is 285 Å². The van der Waals surface area contributed by atoms with Gasteiger partial charge in [0, 0.05) is 11.9 Å². The molecule has 2 aromatic carbocycles. The van der Waals surface area contributed by atoms with Gasteiger partial charge < -0.3 is 19.0 Å². The average Bonchev–Trinajstić information content (AvgIpc) is 3.76. The predicted octanol–water partition coefficient (Wildman–Crippen LogP) is 7.44. The molecule has 1 N–H and O–H groups in total. The van der Waals surface area contributed by atoms with Gasteiger partial charge in [-0.1, -0.05) is 60.7 Å². The predicted molar refractivity (Wildman–Crippen MR) is 183 cm³/mol. The smallest absolute Gasteiger partial charge is 0.301 e. The Morgan fingerprint density at radius 3 is 2.56 bits per heavy atom. The number of fused-ring (bicyclic) bond motifs is 1. The van der Waals surface area contributed by atoms with Crippen LogP contribution in [-0.2, 0) is 15.3 Å². The minimum absolute atomic E-state index is 0.123. The Kier molecular flexibility index (Phi) is 9.78. The molecule has 0 radical (unpaired) electrons. The molecule has 1 aliphatic rings. The van der Waals surface area contributed by atoms with Crippen LogP contribution in [0.3, 0.4) is 0 Å². The van der Waals surface area contributed by atoms with Crippen molar-refractivity contribution in [1.29, 1.82) is 0 Å². The molecule has 48 heavy (non-hydrogen) atoms. The summed E-state index contributed by atoms with van der Waals surface area (Å²) in [6.45, 7) is 8.50. The van der Waals surface area contributed by atoms with Gasteiger partial charge in [-0.3, -0.25) is 14.5 Å². The number of imidazole rings is 1. The van der Waals surface area contributed by atoms with Crippen molar-refractivity contribution in [3.8, 4) is 11.5 Å². The van der Waals surface area contributed by atoms with Crippen LogP contribution in [0.5, 0.6) is 11.5 Å². The first-order valence-electron chi connectivity index (χ1n) is 15.6. The number of anilines is 1. The van der Waals surface area contributed by atoms with Gasteiger partial charge >= 0.3 is 5.91 Å². The number of aliphatic hydroxyl groups is 1. The van der Waals surface area contributed by atoms with Crippen molar-refractivity contribution in [2.24, 2.45) is 0 Å². The fraction of sp³-hybridized carbons (Fsp3) is 0.286. The molecule has 5 aromatic rings. The number of benzene rings is 2. The maximum atomic E-state index is 13.9. The van der Waals surface area contributed by atoms with E-state index < -0.39 is 23.5 Å². The maximum absolute atomic E-state index is 13.9. The van der Waals surface area contributed by atoms with Gasteiger partial charge in [-0.05, 0) is 74.2 Å². The number of halogens is 1. The summed E-state index contributed by atoms with van der Waals surface area (Å²) in [6, 6.07) is 14.1. The van der Waals surface area contributed by atoms with Crippen LogP contribution >= 0.6 is 23.1 Å². The molecule has 0 spiro atoms. The van der Waals surface area contributed by atoms with Gasteiger partial charge in [-0.15, -0.1) is 10.2 Å². The number of carbonyl (C=O) groups is 2. The van der Waals surface area contributed by atoms with Gasteiger partial charge in [0.1, 0.15) is 17.2 Å². The highest BCUT2D eigenvalue weighted by Gasteiger charge is 2.49. The van der Waals surface area contributed by atoms with Crippen LogP contribution in [0.2, 0.25) is 0 Å². The normalized spacial score (nSPS) is 15.9. The number of thioether (sulfide) groups is 1. The van der Waals surface area contributed by atoms with Crippen LogP contribution < -0.4 is 14.4 Å². The zero-order valence-corrected chi connectivity index (χ0v) is 28.5. The zero-order chi connectivity index (χ0) is 33.9. The first-order chi connectivity index (χ1) is 23.2. The molecule has 0 saturated carbocycles. The molecule has 1 unspecified atom stereocenters. The number of pyridine rings is 1. The highest BCUT2D eigenvalue weighted by molar-refractivity contribution is 8.00. The Balaban J connectivity index is 1.45. The van der Waals surface area contributed by atoms with Crippen molar-refractivity contribution in [2.75, 3.05) is 18.1 Å². The van der Waals surface area contributed by atoms with Gasteiger partial charge in [-0.2, -0.15) is 0 Å². The van der Waals surface area contributed by atoms with E-state index in [1.807, 2.05) is 36.6 Å². The number of unbranched alkanes of at least 4 members (excludes halogenated alkanes) is 1. The van der Waals surface area contributed by atoms with E-state index in [2.05, 4.69) is 22.1 Å².